The van der Waals surface area contributed by atoms with Gasteiger partial charge in [-0.25, -0.2) is 0 Å². The van der Waals surface area contributed by atoms with Crippen LogP contribution in [0.5, 0.6) is 0 Å². The van der Waals surface area contributed by atoms with Gasteiger partial charge in [0.1, 0.15) is 0 Å². The van der Waals surface area contributed by atoms with Crippen LogP contribution < -0.4 is 5.32 Å². The number of guanidine groups is 1. The van der Waals surface area contributed by atoms with E-state index in [0.29, 0.717) is 0 Å². The minimum Gasteiger partial charge on any atom is -0.357 e. The second-order valence-corrected chi connectivity index (χ2v) is 7.66. The Morgan fingerprint density at radius 2 is 1.83 bits per heavy atom. The zero-order chi connectivity index (χ0) is 16.5. The molecule has 2 heterocycles. The van der Waals surface area contributed by atoms with Gasteiger partial charge in [0.25, 0.3) is 0 Å². The van der Waals surface area contributed by atoms with Crippen LogP contribution in [0.2, 0.25) is 0 Å². The SMILES string of the molecule is CCNC(=NCCCCN1CCC(C)CC1)N1CCCC(C)C1. The van der Waals surface area contributed by atoms with Crippen molar-refractivity contribution < 1.29 is 0 Å². The van der Waals surface area contributed by atoms with Crippen molar-refractivity contribution in [2.75, 3.05) is 45.8 Å². The van der Waals surface area contributed by atoms with Gasteiger partial charge in [-0.1, -0.05) is 13.8 Å². The van der Waals surface area contributed by atoms with E-state index in [1.807, 2.05) is 0 Å². The Morgan fingerprint density at radius 3 is 2.52 bits per heavy atom. The van der Waals surface area contributed by atoms with Crippen LogP contribution in [0.4, 0.5) is 0 Å². The number of rotatable bonds is 6. The van der Waals surface area contributed by atoms with Crippen LogP contribution >= 0.6 is 0 Å². The number of piperidine rings is 2. The Balaban J connectivity index is 1.66. The van der Waals surface area contributed by atoms with Crippen LogP contribution in [0.3, 0.4) is 0 Å². The molecule has 4 heteroatoms. The Labute approximate surface area is 143 Å². The molecule has 0 radical (unpaired) electrons. The summed E-state index contributed by atoms with van der Waals surface area (Å²) in [7, 11) is 0. The van der Waals surface area contributed by atoms with Gasteiger partial charge in [-0.2, -0.15) is 0 Å². The molecular formula is C19H38N4. The molecule has 0 amide bonds. The summed E-state index contributed by atoms with van der Waals surface area (Å²) in [5.74, 6) is 2.88. The maximum Gasteiger partial charge on any atom is 0.193 e. The average Bonchev–Trinajstić information content (AvgIpc) is 2.55. The predicted octanol–water partition coefficient (Wildman–Crippen LogP) is 3.20. The number of aliphatic imine (C=N–C) groups is 1. The Hall–Kier alpha value is -0.770. The minimum atomic E-state index is 0.800. The molecule has 0 aromatic heterocycles. The van der Waals surface area contributed by atoms with Gasteiger partial charge < -0.3 is 15.1 Å². The van der Waals surface area contributed by atoms with E-state index in [9.17, 15) is 0 Å². The Kier molecular flexibility index (Phi) is 8.21. The lowest BCUT2D eigenvalue weighted by atomic mass is 9.99. The fraction of sp³-hybridized carbons (Fsp3) is 0.947. The molecular weight excluding hydrogens is 284 g/mol. The number of unbranched alkanes of at least 4 members (excludes halogenated alkanes) is 1. The molecule has 0 aromatic rings. The summed E-state index contributed by atoms with van der Waals surface area (Å²) in [6, 6.07) is 0. The van der Waals surface area contributed by atoms with Gasteiger partial charge in [-0.05, 0) is 76.9 Å². The van der Waals surface area contributed by atoms with Crippen LogP contribution in [0.25, 0.3) is 0 Å². The van der Waals surface area contributed by atoms with E-state index in [4.69, 9.17) is 4.99 Å². The summed E-state index contributed by atoms with van der Waals surface area (Å²) in [4.78, 5) is 9.98. The molecule has 134 valence electrons. The smallest absolute Gasteiger partial charge is 0.193 e. The van der Waals surface area contributed by atoms with Crippen molar-refractivity contribution in [1.29, 1.82) is 0 Å². The molecule has 1 unspecified atom stereocenters. The van der Waals surface area contributed by atoms with Crippen molar-refractivity contribution in [3.05, 3.63) is 0 Å². The topological polar surface area (TPSA) is 30.9 Å². The molecule has 0 aliphatic carbocycles. The summed E-state index contributed by atoms with van der Waals surface area (Å²) >= 11 is 0. The third-order valence-corrected chi connectivity index (χ3v) is 5.31. The molecule has 2 aliphatic rings. The third-order valence-electron chi connectivity index (χ3n) is 5.31. The predicted molar refractivity (Wildman–Crippen MR) is 100 cm³/mol. The molecule has 1 atom stereocenters. The summed E-state index contributed by atoms with van der Waals surface area (Å²) in [6.45, 7) is 15.1. The number of hydrogen-bond acceptors (Lipinski definition) is 2. The summed E-state index contributed by atoms with van der Waals surface area (Å²) in [5, 5.41) is 3.48. The zero-order valence-electron chi connectivity index (χ0n) is 15.7. The van der Waals surface area contributed by atoms with E-state index in [-0.39, 0.29) is 0 Å². The quantitative estimate of drug-likeness (QED) is 0.463. The van der Waals surface area contributed by atoms with Gasteiger partial charge in [-0.3, -0.25) is 4.99 Å². The lowest BCUT2D eigenvalue weighted by Gasteiger charge is -2.33. The molecule has 0 aromatic carbocycles. The van der Waals surface area contributed by atoms with Crippen molar-refractivity contribution >= 4 is 5.96 Å². The highest BCUT2D eigenvalue weighted by atomic mass is 15.3. The first-order valence-corrected chi connectivity index (χ1v) is 9.94. The highest BCUT2D eigenvalue weighted by Gasteiger charge is 2.19. The van der Waals surface area contributed by atoms with E-state index < -0.39 is 0 Å². The molecule has 23 heavy (non-hydrogen) atoms. The second kappa shape index (κ2) is 10.2. The number of hydrogen-bond donors (Lipinski definition) is 1. The molecule has 2 saturated heterocycles. The summed E-state index contributed by atoms with van der Waals surface area (Å²) < 4.78 is 0. The molecule has 0 spiro atoms. The fourth-order valence-corrected chi connectivity index (χ4v) is 3.73. The lowest BCUT2D eigenvalue weighted by Crippen LogP contribution is -2.46. The van der Waals surface area contributed by atoms with Crippen molar-refractivity contribution in [3.8, 4) is 0 Å². The van der Waals surface area contributed by atoms with Crippen molar-refractivity contribution in [3.63, 3.8) is 0 Å². The van der Waals surface area contributed by atoms with Crippen LogP contribution in [-0.4, -0.2) is 61.6 Å². The molecule has 1 N–H and O–H groups in total. The van der Waals surface area contributed by atoms with Crippen molar-refractivity contribution in [1.82, 2.24) is 15.1 Å². The zero-order valence-corrected chi connectivity index (χ0v) is 15.7. The van der Waals surface area contributed by atoms with Crippen molar-refractivity contribution in [2.24, 2.45) is 16.8 Å². The van der Waals surface area contributed by atoms with Gasteiger partial charge in [0.05, 0.1) is 0 Å². The number of nitrogens with zero attached hydrogens (tertiary/aromatic N) is 3. The number of nitrogens with one attached hydrogen (secondary N) is 1. The van der Waals surface area contributed by atoms with Gasteiger partial charge in [-0.15, -0.1) is 0 Å². The molecule has 0 saturated carbocycles. The maximum atomic E-state index is 4.88. The molecule has 2 rings (SSSR count). The highest BCUT2D eigenvalue weighted by molar-refractivity contribution is 5.80. The maximum absolute atomic E-state index is 4.88. The Morgan fingerprint density at radius 1 is 1.04 bits per heavy atom. The van der Waals surface area contributed by atoms with E-state index >= 15 is 0 Å². The summed E-state index contributed by atoms with van der Waals surface area (Å²) in [6.07, 6.45) is 7.94. The lowest BCUT2D eigenvalue weighted by molar-refractivity contribution is 0.190. The molecule has 0 bridgehead atoms. The van der Waals surface area contributed by atoms with Crippen LogP contribution in [-0.2, 0) is 0 Å². The largest absolute Gasteiger partial charge is 0.357 e. The minimum absolute atomic E-state index is 0.800. The van der Waals surface area contributed by atoms with E-state index in [1.165, 1.54) is 64.7 Å². The van der Waals surface area contributed by atoms with Crippen molar-refractivity contribution in [2.45, 2.75) is 59.3 Å². The van der Waals surface area contributed by atoms with Crippen LogP contribution in [0.15, 0.2) is 4.99 Å². The highest BCUT2D eigenvalue weighted by Crippen LogP contribution is 2.17. The van der Waals surface area contributed by atoms with Gasteiger partial charge in [0.2, 0.25) is 0 Å². The first-order valence-electron chi connectivity index (χ1n) is 9.94. The molecule has 4 nitrogen and oxygen atoms in total. The molecule has 2 aliphatic heterocycles. The average molecular weight is 323 g/mol. The fourth-order valence-electron chi connectivity index (χ4n) is 3.73. The second-order valence-electron chi connectivity index (χ2n) is 7.66. The van der Waals surface area contributed by atoms with Gasteiger partial charge in [0.15, 0.2) is 5.96 Å². The van der Waals surface area contributed by atoms with Crippen LogP contribution in [0, 0.1) is 11.8 Å². The third kappa shape index (κ3) is 6.70. The molecule has 2 fully saturated rings. The summed E-state index contributed by atoms with van der Waals surface area (Å²) in [5.41, 5.74) is 0. The van der Waals surface area contributed by atoms with Gasteiger partial charge >= 0.3 is 0 Å². The van der Waals surface area contributed by atoms with E-state index in [2.05, 4.69) is 35.9 Å². The Bertz CT molecular complexity index is 347. The van der Waals surface area contributed by atoms with Gasteiger partial charge in [0, 0.05) is 26.2 Å². The van der Waals surface area contributed by atoms with E-state index in [0.717, 1.165) is 37.4 Å². The first kappa shape index (κ1) is 18.6. The standard InChI is InChI=1S/C19H38N4/c1-4-20-19(23-13-7-8-18(3)16-23)21-11-5-6-12-22-14-9-17(2)10-15-22/h17-18H,4-16H2,1-3H3,(H,20,21). The van der Waals surface area contributed by atoms with E-state index in [1.54, 1.807) is 0 Å². The number of likely N-dealkylation sites (tertiary alicyclic amines) is 2. The first-order chi connectivity index (χ1) is 11.2. The van der Waals surface area contributed by atoms with Crippen LogP contribution in [0.1, 0.15) is 59.3 Å². The normalized spacial score (nSPS) is 24.9. The monoisotopic (exact) mass is 322 g/mol.